The Morgan fingerprint density at radius 3 is 2.56 bits per heavy atom. The minimum atomic E-state index is -1.19. The SMILES string of the molecule is CCCCCCC=CC(C)=CC=C(C#N)C(=O)O. The summed E-state index contributed by atoms with van der Waals surface area (Å²) < 4.78 is 0. The molecule has 3 heteroatoms. The van der Waals surface area contributed by atoms with Gasteiger partial charge in [0.15, 0.2) is 0 Å². The molecule has 0 fully saturated rings. The van der Waals surface area contributed by atoms with E-state index in [1.54, 1.807) is 12.1 Å². The number of hydrogen-bond donors (Lipinski definition) is 1. The molecule has 0 saturated carbocycles. The molecule has 0 aliphatic rings. The van der Waals surface area contributed by atoms with Crippen molar-refractivity contribution in [3.05, 3.63) is 35.5 Å². The summed E-state index contributed by atoms with van der Waals surface area (Å²) in [6, 6.07) is 1.64. The molecular weight excluding hydrogens is 226 g/mol. The van der Waals surface area contributed by atoms with Crippen molar-refractivity contribution in [2.24, 2.45) is 0 Å². The lowest BCUT2D eigenvalue weighted by molar-refractivity contribution is -0.132. The van der Waals surface area contributed by atoms with Crippen LogP contribution in [0.5, 0.6) is 0 Å². The van der Waals surface area contributed by atoms with E-state index < -0.39 is 5.97 Å². The Morgan fingerprint density at radius 2 is 2.00 bits per heavy atom. The first kappa shape index (κ1) is 16.2. The van der Waals surface area contributed by atoms with E-state index in [-0.39, 0.29) is 5.57 Å². The van der Waals surface area contributed by atoms with Gasteiger partial charge in [-0.2, -0.15) is 5.26 Å². The highest BCUT2D eigenvalue weighted by molar-refractivity contribution is 5.91. The number of allylic oxidation sites excluding steroid dienone is 5. The normalized spacial score (nSPS) is 12.7. The van der Waals surface area contributed by atoms with E-state index in [4.69, 9.17) is 10.4 Å². The highest BCUT2D eigenvalue weighted by Crippen LogP contribution is 2.05. The third kappa shape index (κ3) is 8.35. The molecule has 0 heterocycles. The Hall–Kier alpha value is -1.82. The van der Waals surface area contributed by atoms with E-state index in [0.717, 1.165) is 12.0 Å². The summed E-state index contributed by atoms with van der Waals surface area (Å²) in [7, 11) is 0. The zero-order valence-electron chi connectivity index (χ0n) is 11.1. The summed E-state index contributed by atoms with van der Waals surface area (Å²) in [6.07, 6.45) is 13.0. The minimum Gasteiger partial charge on any atom is -0.477 e. The molecule has 1 N–H and O–H groups in total. The number of rotatable bonds is 8. The standard InChI is InChI=1S/C15H21NO2/c1-3-4-5-6-7-8-9-13(2)10-11-14(12-16)15(17)18/h8-11H,3-7H2,1-2H3,(H,17,18). The molecule has 0 aliphatic carbocycles. The van der Waals surface area contributed by atoms with Crippen molar-refractivity contribution in [1.29, 1.82) is 5.26 Å². The summed E-state index contributed by atoms with van der Waals surface area (Å²) >= 11 is 0. The smallest absolute Gasteiger partial charge is 0.346 e. The molecule has 0 aromatic carbocycles. The first-order valence-electron chi connectivity index (χ1n) is 6.30. The van der Waals surface area contributed by atoms with Crippen molar-refractivity contribution >= 4 is 5.97 Å². The monoisotopic (exact) mass is 247 g/mol. The quantitative estimate of drug-likeness (QED) is 0.305. The molecule has 0 rings (SSSR count). The van der Waals surface area contributed by atoms with Crippen molar-refractivity contribution in [2.75, 3.05) is 0 Å². The first-order valence-corrected chi connectivity index (χ1v) is 6.30. The lowest BCUT2D eigenvalue weighted by Gasteiger charge is -1.94. The fourth-order valence-electron chi connectivity index (χ4n) is 1.38. The van der Waals surface area contributed by atoms with Gasteiger partial charge in [-0.3, -0.25) is 0 Å². The minimum absolute atomic E-state index is 0.245. The van der Waals surface area contributed by atoms with E-state index in [9.17, 15) is 4.79 Å². The summed E-state index contributed by atoms with van der Waals surface area (Å²) in [6.45, 7) is 4.07. The molecule has 3 nitrogen and oxygen atoms in total. The van der Waals surface area contributed by atoms with Gasteiger partial charge in [-0.25, -0.2) is 4.79 Å². The average Bonchev–Trinajstić information content (AvgIpc) is 2.34. The second kappa shape index (κ2) is 10.3. The third-order valence-electron chi connectivity index (χ3n) is 2.47. The molecule has 0 aromatic rings. The number of aliphatic carboxylic acids is 1. The molecule has 0 aliphatic heterocycles. The lowest BCUT2D eigenvalue weighted by Crippen LogP contribution is -1.96. The summed E-state index contributed by atoms with van der Waals surface area (Å²) in [5, 5.41) is 17.2. The average molecular weight is 247 g/mol. The predicted molar refractivity (Wildman–Crippen MR) is 73.0 cm³/mol. The molecule has 0 saturated heterocycles. The molecule has 0 atom stereocenters. The van der Waals surface area contributed by atoms with Gasteiger partial charge in [0, 0.05) is 0 Å². The second-order valence-corrected chi connectivity index (χ2v) is 4.16. The number of hydrogen-bond acceptors (Lipinski definition) is 2. The first-order chi connectivity index (χ1) is 8.61. The van der Waals surface area contributed by atoms with Crippen LogP contribution in [-0.4, -0.2) is 11.1 Å². The highest BCUT2D eigenvalue weighted by atomic mass is 16.4. The maximum absolute atomic E-state index is 10.6. The number of nitrogens with zero attached hydrogens (tertiary/aromatic N) is 1. The lowest BCUT2D eigenvalue weighted by atomic mass is 10.1. The van der Waals surface area contributed by atoms with Crippen LogP contribution >= 0.6 is 0 Å². The van der Waals surface area contributed by atoms with Gasteiger partial charge >= 0.3 is 5.97 Å². The molecular formula is C15H21NO2. The van der Waals surface area contributed by atoms with Gasteiger partial charge in [0.2, 0.25) is 0 Å². The Morgan fingerprint density at radius 1 is 1.28 bits per heavy atom. The Bertz CT molecular complexity index is 384. The zero-order chi connectivity index (χ0) is 13.8. The van der Waals surface area contributed by atoms with Gasteiger partial charge in [0.1, 0.15) is 11.6 Å². The molecule has 0 bridgehead atoms. The Labute approximate surface area is 109 Å². The topological polar surface area (TPSA) is 61.1 Å². The molecule has 98 valence electrons. The van der Waals surface area contributed by atoms with E-state index in [2.05, 4.69) is 13.0 Å². The highest BCUT2D eigenvalue weighted by Gasteiger charge is 2.02. The summed E-state index contributed by atoms with van der Waals surface area (Å²) in [5.41, 5.74) is 0.699. The second-order valence-electron chi connectivity index (χ2n) is 4.16. The van der Waals surface area contributed by atoms with Gasteiger partial charge in [0.05, 0.1) is 0 Å². The van der Waals surface area contributed by atoms with Crippen LogP contribution in [0.25, 0.3) is 0 Å². The Balaban J connectivity index is 4.16. The molecule has 0 unspecified atom stereocenters. The van der Waals surface area contributed by atoms with Gasteiger partial charge in [-0.05, 0) is 25.8 Å². The van der Waals surface area contributed by atoms with E-state index in [1.165, 1.54) is 31.8 Å². The number of carboxylic acid groups (broad SMARTS) is 1. The van der Waals surface area contributed by atoms with Crippen molar-refractivity contribution in [3.8, 4) is 6.07 Å². The van der Waals surface area contributed by atoms with Crippen LogP contribution in [0.1, 0.15) is 46.0 Å². The maximum Gasteiger partial charge on any atom is 0.346 e. The predicted octanol–water partition coefficient (Wildman–Crippen LogP) is 3.99. The third-order valence-corrected chi connectivity index (χ3v) is 2.47. The molecule has 18 heavy (non-hydrogen) atoms. The van der Waals surface area contributed by atoms with Crippen molar-refractivity contribution in [2.45, 2.75) is 46.0 Å². The number of nitriles is 1. The number of carbonyl (C=O) groups is 1. The summed E-state index contributed by atoms with van der Waals surface area (Å²) in [5.74, 6) is -1.19. The van der Waals surface area contributed by atoms with Crippen molar-refractivity contribution in [1.82, 2.24) is 0 Å². The Kier molecular flexibility index (Phi) is 9.30. The van der Waals surface area contributed by atoms with Crippen molar-refractivity contribution in [3.63, 3.8) is 0 Å². The van der Waals surface area contributed by atoms with Crippen LogP contribution in [-0.2, 0) is 4.79 Å². The number of unbranched alkanes of at least 4 members (excludes halogenated alkanes) is 4. The molecule has 0 radical (unpaired) electrons. The van der Waals surface area contributed by atoms with Gasteiger partial charge in [-0.15, -0.1) is 0 Å². The maximum atomic E-state index is 10.6. The summed E-state index contributed by atoms with van der Waals surface area (Å²) in [4.78, 5) is 10.6. The van der Waals surface area contributed by atoms with E-state index in [1.807, 2.05) is 13.0 Å². The van der Waals surface area contributed by atoms with Crippen LogP contribution in [0.3, 0.4) is 0 Å². The molecule has 0 aromatic heterocycles. The van der Waals surface area contributed by atoms with Crippen LogP contribution < -0.4 is 0 Å². The van der Waals surface area contributed by atoms with Crippen LogP contribution in [0.4, 0.5) is 0 Å². The van der Waals surface area contributed by atoms with Crippen LogP contribution in [0, 0.1) is 11.3 Å². The van der Waals surface area contributed by atoms with Crippen molar-refractivity contribution < 1.29 is 9.90 Å². The van der Waals surface area contributed by atoms with Gasteiger partial charge in [-0.1, -0.05) is 50.0 Å². The van der Waals surface area contributed by atoms with Gasteiger partial charge in [0.25, 0.3) is 0 Å². The van der Waals surface area contributed by atoms with Crippen LogP contribution in [0.2, 0.25) is 0 Å². The van der Waals surface area contributed by atoms with Crippen LogP contribution in [0.15, 0.2) is 35.5 Å². The molecule has 0 spiro atoms. The zero-order valence-corrected chi connectivity index (χ0v) is 11.1. The molecule has 0 amide bonds. The van der Waals surface area contributed by atoms with Gasteiger partial charge < -0.3 is 5.11 Å². The largest absolute Gasteiger partial charge is 0.477 e. The van der Waals surface area contributed by atoms with E-state index in [0.29, 0.717) is 0 Å². The fourth-order valence-corrected chi connectivity index (χ4v) is 1.38. The fraction of sp³-hybridized carbons (Fsp3) is 0.467. The van der Waals surface area contributed by atoms with E-state index >= 15 is 0 Å². The number of carboxylic acids is 1.